The SMILES string of the molecule is COC(=O)C1(C2(O)CNC2)CC1C. The Labute approximate surface area is 77.3 Å². The minimum Gasteiger partial charge on any atom is -0.468 e. The highest BCUT2D eigenvalue weighted by Crippen LogP contribution is 2.61. The van der Waals surface area contributed by atoms with E-state index in [2.05, 4.69) is 5.32 Å². The molecule has 2 fully saturated rings. The number of hydrogen-bond donors (Lipinski definition) is 2. The molecule has 2 unspecified atom stereocenters. The summed E-state index contributed by atoms with van der Waals surface area (Å²) in [6.07, 6.45) is 0.748. The molecule has 1 aliphatic heterocycles. The zero-order chi connectivity index (χ0) is 9.69. The van der Waals surface area contributed by atoms with Crippen LogP contribution in [0.15, 0.2) is 0 Å². The third-order valence-electron chi connectivity index (χ3n) is 3.52. The molecular weight excluding hydrogens is 170 g/mol. The van der Waals surface area contributed by atoms with Gasteiger partial charge < -0.3 is 15.2 Å². The molecule has 0 aromatic carbocycles. The van der Waals surface area contributed by atoms with Crippen molar-refractivity contribution in [3.05, 3.63) is 0 Å². The lowest BCUT2D eigenvalue weighted by molar-refractivity contribution is -0.166. The number of methoxy groups -OCH3 is 1. The number of β-amino-alcohol motifs (C(OH)–C–C–N with tert-alkyl or cyclic N) is 1. The van der Waals surface area contributed by atoms with Crippen LogP contribution in [0.25, 0.3) is 0 Å². The first kappa shape index (κ1) is 8.97. The summed E-state index contributed by atoms with van der Waals surface area (Å²) in [6.45, 7) is 2.99. The fourth-order valence-electron chi connectivity index (χ4n) is 2.41. The molecule has 1 aliphatic carbocycles. The van der Waals surface area contributed by atoms with E-state index in [-0.39, 0.29) is 11.9 Å². The van der Waals surface area contributed by atoms with Crippen molar-refractivity contribution in [2.45, 2.75) is 18.9 Å². The molecule has 4 heteroatoms. The van der Waals surface area contributed by atoms with Crippen molar-refractivity contribution in [1.82, 2.24) is 5.32 Å². The number of carbonyl (C=O) groups excluding carboxylic acids is 1. The van der Waals surface area contributed by atoms with Gasteiger partial charge >= 0.3 is 5.97 Å². The first-order chi connectivity index (χ1) is 6.07. The lowest BCUT2D eigenvalue weighted by Gasteiger charge is -2.43. The number of aliphatic hydroxyl groups is 1. The molecule has 0 spiro atoms. The van der Waals surface area contributed by atoms with Gasteiger partial charge in [0.25, 0.3) is 0 Å². The van der Waals surface area contributed by atoms with Crippen molar-refractivity contribution < 1.29 is 14.6 Å². The standard InChI is InChI=1S/C9H15NO3/c1-6-3-9(6,7(11)13-2)8(12)4-10-5-8/h6,10,12H,3-5H2,1-2H3. The fraction of sp³-hybridized carbons (Fsp3) is 0.889. The van der Waals surface area contributed by atoms with Gasteiger partial charge in [-0.05, 0) is 12.3 Å². The molecule has 2 N–H and O–H groups in total. The van der Waals surface area contributed by atoms with E-state index in [0.717, 1.165) is 6.42 Å². The minimum absolute atomic E-state index is 0.243. The average Bonchev–Trinajstić information content (AvgIpc) is 2.73. The first-order valence-electron chi connectivity index (χ1n) is 4.58. The van der Waals surface area contributed by atoms with Crippen molar-refractivity contribution >= 4 is 5.97 Å². The van der Waals surface area contributed by atoms with Crippen LogP contribution < -0.4 is 5.32 Å². The summed E-state index contributed by atoms with van der Waals surface area (Å²) in [4.78, 5) is 11.5. The second-order valence-electron chi connectivity index (χ2n) is 4.20. The summed E-state index contributed by atoms with van der Waals surface area (Å²) in [5.74, 6) is -0.0175. The topological polar surface area (TPSA) is 58.6 Å². The molecule has 13 heavy (non-hydrogen) atoms. The second-order valence-corrected chi connectivity index (χ2v) is 4.20. The smallest absolute Gasteiger partial charge is 0.315 e. The number of nitrogens with one attached hydrogen (secondary N) is 1. The molecule has 2 atom stereocenters. The minimum atomic E-state index is -0.862. The molecule has 0 aromatic rings. The predicted octanol–water partition coefficient (Wildman–Crippen LogP) is -0.480. The summed E-state index contributed by atoms with van der Waals surface area (Å²) in [6, 6.07) is 0. The highest BCUT2D eigenvalue weighted by molar-refractivity contribution is 5.82. The Morgan fingerprint density at radius 2 is 2.15 bits per heavy atom. The maximum Gasteiger partial charge on any atom is 0.315 e. The molecule has 0 bridgehead atoms. The van der Waals surface area contributed by atoms with Gasteiger partial charge in [-0.2, -0.15) is 0 Å². The number of rotatable bonds is 2. The third-order valence-corrected chi connectivity index (χ3v) is 3.52. The van der Waals surface area contributed by atoms with E-state index < -0.39 is 11.0 Å². The molecule has 1 heterocycles. The third kappa shape index (κ3) is 0.901. The van der Waals surface area contributed by atoms with Crippen LogP contribution in [-0.2, 0) is 9.53 Å². The van der Waals surface area contributed by atoms with E-state index in [0.29, 0.717) is 13.1 Å². The summed E-state index contributed by atoms with van der Waals surface area (Å²) in [5.41, 5.74) is -1.48. The van der Waals surface area contributed by atoms with Crippen molar-refractivity contribution in [2.75, 3.05) is 20.2 Å². The van der Waals surface area contributed by atoms with Gasteiger partial charge in [-0.1, -0.05) is 6.92 Å². The normalized spacial score (nSPS) is 40.7. The maximum absolute atomic E-state index is 11.5. The average molecular weight is 185 g/mol. The van der Waals surface area contributed by atoms with E-state index in [9.17, 15) is 9.90 Å². The van der Waals surface area contributed by atoms with Crippen LogP contribution in [0.5, 0.6) is 0 Å². The summed E-state index contributed by atoms with van der Waals surface area (Å²) < 4.78 is 4.74. The van der Waals surface area contributed by atoms with Crippen LogP contribution in [-0.4, -0.2) is 36.9 Å². The zero-order valence-corrected chi connectivity index (χ0v) is 7.96. The van der Waals surface area contributed by atoms with Crippen molar-refractivity contribution in [3.63, 3.8) is 0 Å². The van der Waals surface area contributed by atoms with Gasteiger partial charge in [-0.15, -0.1) is 0 Å². The molecule has 2 aliphatic rings. The Hall–Kier alpha value is -0.610. The van der Waals surface area contributed by atoms with Gasteiger partial charge in [0.05, 0.1) is 7.11 Å². The Morgan fingerprint density at radius 1 is 1.62 bits per heavy atom. The van der Waals surface area contributed by atoms with Crippen LogP contribution >= 0.6 is 0 Å². The Balaban J connectivity index is 2.22. The van der Waals surface area contributed by atoms with Crippen molar-refractivity contribution in [3.8, 4) is 0 Å². The molecule has 0 aromatic heterocycles. The number of esters is 1. The van der Waals surface area contributed by atoms with Gasteiger partial charge in [0.15, 0.2) is 0 Å². The van der Waals surface area contributed by atoms with Crippen molar-refractivity contribution in [1.29, 1.82) is 0 Å². The van der Waals surface area contributed by atoms with E-state index in [1.54, 1.807) is 0 Å². The van der Waals surface area contributed by atoms with Crippen LogP contribution in [0.3, 0.4) is 0 Å². The van der Waals surface area contributed by atoms with E-state index >= 15 is 0 Å². The quantitative estimate of drug-likeness (QED) is 0.570. The number of carbonyl (C=O) groups is 1. The molecule has 0 amide bonds. The van der Waals surface area contributed by atoms with Gasteiger partial charge in [-0.25, -0.2) is 0 Å². The molecule has 2 rings (SSSR count). The van der Waals surface area contributed by atoms with Crippen molar-refractivity contribution in [2.24, 2.45) is 11.3 Å². The van der Waals surface area contributed by atoms with Crippen LogP contribution in [0.2, 0.25) is 0 Å². The molecule has 74 valence electrons. The van der Waals surface area contributed by atoms with Crippen LogP contribution in [0, 0.1) is 11.3 Å². The molecule has 0 radical (unpaired) electrons. The lowest BCUT2D eigenvalue weighted by atomic mass is 9.77. The summed E-state index contributed by atoms with van der Waals surface area (Å²) in [7, 11) is 1.38. The summed E-state index contributed by atoms with van der Waals surface area (Å²) in [5, 5.41) is 13.1. The highest BCUT2D eigenvalue weighted by atomic mass is 16.5. The van der Waals surface area contributed by atoms with Gasteiger partial charge in [-0.3, -0.25) is 4.79 Å². The van der Waals surface area contributed by atoms with Crippen LogP contribution in [0.1, 0.15) is 13.3 Å². The molecule has 1 saturated carbocycles. The first-order valence-corrected chi connectivity index (χ1v) is 4.58. The highest BCUT2D eigenvalue weighted by Gasteiger charge is 2.71. The number of ether oxygens (including phenoxy) is 1. The second kappa shape index (κ2) is 2.45. The Morgan fingerprint density at radius 3 is 2.38 bits per heavy atom. The summed E-state index contributed by atoms with van der Waals surface area (Å²) >= 11 is 0. The predicted molar refractivity (Wildman–Crippen MR) is 46.0 cm³/mol. The monoisotopic (exact) mass is 185 g/mol. The molecule has 1 saturated heterocycles. The fourth-order valence-corrected chi connectivity index (χ4v) is 2.41. The Bertz CT molecular complexity index is 249. The zero-order valence-electron chi connectivity index (χ0n) is 7.96. The van der Waals surface area contributed by atoms with Gasteiger partial charge in [0.2, 0.25) is 0 Å². The van der Waals surface area contributed by atoms with Gasteiger partial charge in [0.1, 0.15) is 11.0 Å². The molecule has 4 nitrogen and oxygen atoms in total. The van der Waals surface area contributed by atoms with Crippen LogP contribution in [0.4, 0.5) is 0 Å². The van der Waals surface area contributed by atoms with Gasteiger partial charge in [0, 0.05) is 13.1 Å². The van der Waals surface area contributed by atoms with E-state index in [1.165, 1.54) is 7.11 Å². The number of hydrogen-bond acceptors (Lipinski definition) is 4. The maximum atomic E-state index is 11.5. The molecular formula is C9H15NO3. The lowest BCUT2D eigenvalue weighted by Crippen LogP contribution is -2.67. The van der Waals surface area contributed by atoms with E-state index in [1.807, 2.05) is 6.92 Å². The Kier molecular flexibility index (Phi) is 1.69. The largest absolute Gasteiger partial charge is 0.468 e. The van der Waals surface area contributed by atoms with E-state index in [4.69, 9.17) is 4.74 Å².